The second-order valence-electron chi connectivity index (χ2n) is 7.94. The summed E-state index contributed by atoms with van der Waals surface area (Å²) < 4.78 is 12.4. The van der Waals surface area contributed by atoms with Crippen molar-refractivity contribution in [2.45, 2.75) is 13.5 Å². The summed E-state index contributed by atoms with van der Waals surface area (Å²) in [5.74, 6) is -0.409. The van der Waals surface area contributed by atoms with E-state index >= 15 is 0 Å². The molecule has 0 atom stereocenters. The number of nitrogens with one attached hydrogen (secondary N) is 1. The van der Waals surface area contributed by atoms with Gasteiger partial charge in [-0.15, -0.1) is 0 Å². The number of phenolic OH excluding ortho intramolecular Hbond substituents is 1. The van der Waals surface area contributed by atoms with Gasteiger partial charge in [0.05, 0.1) is 34.1 Å². The number of fused-ring (bicyclic) bond motifs is 3. The van der Waals surface area contributed by atoms with Crippen LogP contribution in [0.5, 0.6) is 5.75 Å². The number of esters is 1. The first-order chi connectivity index (χ1) is 16.8. The largest absolute Gasteiger partial charge is 0.733 e. The number of hydrogen-bond donors (Lipinski definition) is 3. The highest BCUT2D eigenvalue weighted by atomic mass is 35.5. The van der Waals surface area contributed by atoms with E-state index in [1.807, 2.05) is 35.8 Å². The molecule has 3 N–H and O–H groups in total. The highest BCUT2D eigenvalue weighted by molar-refractivity contribution is 6.33. The Kier molecular flexibility index (Phi) is 7.32. The van der Waals surface area contributed by atoms with Gasteiger partial charge in [0.2, 0.25) is 0 Å². The van der Waals surface area contributed by atoms with Crippen LogP contribution < -0.4 is 10.5 Å². The van der Waals surface area contributed by atoms with Crippen LogP contribution >= 0.6 is 11.6 Å². The molecule has 184 valence electrons. The van der Waals surface area contributed by atoms with Crippen LogP contribution in [0.1, 0.15) is 16.1 Å². The summed E-state index contributed by atoms with van der Waals surface area (Å²) in [5, 5.41) is 36.1. The van der Waals surface area contributed by atoms with E-state index in [1.165, 1.54) is 19.2 Å². The summed E-state index contributed by atoms with van der Waals surface area (Å²) in [4.78, 5) is 13.0. The third kappa shape index (κ3) is 4.85. The Morgan fingerprint density at radius 2 is 1.89 bits per heavy atom. The van der Waals surface area contributed by atoms with E-state index in [0.29, 0.717) is 40.8 Å². The van der Waals surface area contributed by atoms with Crippen molar-refractivity contribution in [1.82, 2.24) is 4.57 Å². The van der Waals surface area contributed by atoms with Gasteiger partial charge < -0.3 is 34.9 Å². The molecule has 4 rings (SSSR count). The number of carbonyl (C=O) groups is 1. The fourth-order valence-corrected chi connectivity index (χ4v) is 4.46. The number of halogens is 1. The number of benzene rings is 3. The molecule has 3 aromatic carbocycles. The van der Waals surface area contributed by atoms with Crippen molar-refractivity contribution in [2.75, 3.05) is 37.4 Å². The molecule has 0 aliphatic rings. The van der Waals surface area contributed by atoms with Crippen LogP contribution in [0.2, 0.25) is 5.02 Å². The minimum absolute atomic E-state index is 0.0238. The lowest BCUT2D eigenvalue weighted by molar-refractivity contribution is 0.0389. The smallest absolute Gasteiger partial charge is 0.340 e. The summed E-state index contributed by atoms with van der Waals surface area (Å²) in [6.45, 7) is 3.14. The molecular formula is C25H25ClN3O6-. The summed E-state index contributed by atoms with van der Waals surface area (Å²) in [5.41, 5.74) is 2.51. The average molecular weight is 499 g/mol. The van der Waals surface area contributed by atoms with Gasteiger partial charge in [0, 0.05) is 42.1 Å². The zero-order valence-electron chi connectivity index (χ0n) is 19.2. The maximum absolute atomic E-state index is 13.0. The lowest BCUT2D eigenvalue weighted by Crippen LogP contribution is -2.14. The Morgan fingerprint density at radius 3 is 2.57 bits per heavy atom. The lowest BCUT2D eigenvalue weighted by Gasteiger charge is -2.22. The highest BCUT2D eigenvalue weighted by Gasteiger charge is 2.24. The number of aromatic hydroxyl groups is 1. The molecule has 10 heteroatoms. The van der Waals surface area contributed by atoms with Gasteiger partial charge in [-0.05, 0) is 31.2 Å². The molecule has 35 heavy (non-hydrogen) atoms. The van der Waals surface area contributed by atoms with Crippen molar-refractivity contribution in [3.05, 3.63) is 70.0 Å². The predicted octanol–water partition coefficient (Wildman–Crippen LogP) is 5.07. The molecule has 0 aliphatic heterocycles. The maximum Gasteiger partial charge on any atom is 0.340 e. The minimum atomic E-state index is -0.490. The van der Waals surface area contributed by atoms with E-state index in [-0.39, 0.29) is 34.9 Å². The fourth-order valence-electron chi connectivity index (χ4n) is 4.22. The number of methoxy groups -OCH3 is 1. The summed E-state index contributed by atoms with van der Waals surface area (Å²) in [7, 11) is 1.53. The van der Waals surface area contributed by atoms with E-state index in [4.69, 9.17) is 26.3 Å². The molecule has 0 unspecified atom stereocenters. The third-order valence-corrected chi connectivity index (χ3v) is 6.16. The quantitative estimate of drug-likeness (QED) is 0.166. The summed E-state index contributed by atoms with van der Waals surface area (Å²) in [6, 6.07) is 13.5. The number of aromatic nitrogens is 1. The number of carbonyl (C=O) groups excluding carboxylic acids is 1. The van der Waals surface area contributed by atoms with Gasteiger partial charge in [0.1, 0.15) is 12.4 Å². The van der Waals surface area contributed by atoms with Crippen LogP contribution in [0.25, 0.3) is 21.7 Å². The Balaban J connectivity index is 1.72. The Morgan fingerprint density at radius 1 is 1.14 bits per heavy atom. The monoisotopic (exact) mass is 498 g/mol. The van der Waals surface area contributed by atoms with E-state index in [0.717, 1.165) is 10.9 Å². The van der Waals surface area contributed by atoms with Crippen LogP contribution in [0.3, 0.4) is 0 Å². The van der Waals surface area contributed by atoms with Crippen molar-refractivity contribution < 1.29 is 24.6 Å². The molecule has 0 fully saturated rings. The second kappa shape index (κ2) is 10.4. The van der Waals surface area contributed by atoms with E-state index in [2.05, 4.69) is 5.32 Å². The molecule has 0 aliphatic carbocycles. The molecule has 0 bridgehead atoms. The fraction of sp³-hybridized carbons (Fsp3) is 0.240. The predicted molar refractivity (Wildman–Crippen MR) is 136 cm³/mol. The molecule has 0 saturated heterocycles. The number of anilines is 2. The van der Waals surface area contributed by atoms with Crippen LogP contribution in [0.15, 0.2) is 48.5 Å². The average Bonchev–Trinajstić information content (AvgIpc) is 3.11. The second-order valence-corrected chi connectivity index (χ2v) is 8.35. The number of ether oxygens (including phenoxy) is 2. The first-order valence-corrected chi connectivity index (χ1v) is 11.3. The van der Waals surface area contributed by atoms with Gasteiger partial charge in [-0.3, -0.25) is 5.21 Å². The normalized spacial score (nSPS) is 11.2. The standard InChI is InChI=1S/C25H25ClN3O6/c1-15-23(25(31)35-12-11-34-2)19-14-22(30)17-5-3-4-6-18(17)24(19)28(15)10-9-27-21-8-7-16(29(32)33)13-20(21)26/h3-8,13-14,27,30,32H,9-12H2,1-2H3/q-1. The number of rotatable bonds is 9. The van der Waals surface area contributed by atoms with Crippen LogP contribution in [-0.4, -0.2) is 47.7 Å². The zero-order chi connectivity index (χ0) is 25.1. The Hall–Kier alpha value is -3.50. The SMILES string of the molecule is COCCOC(=O)c1c(C)n(CCNc2ccc(N([O-])O)cc2Cl)c2c1cc(O)c1ccccc12. The van der Waals surface area contributed by atoms with Gasteiger partial charge in [-0.25, -0.2) is 4.79 Å². The summed E-state index contributed by atoms with van der Waals surface area (Å²) >= 11 is 6.24. The molecule has 0 spiro atoms. The van der Waals surface area contributed by atoms with Gasteiger partial charge >= 0.3 is 5.97 Å². The van der Waals surface area contributed by atoms with E-state index in [9.17, 15) is 15.1 Å². The highest BCUT2D eigenvalue weighted by Crippen LogP contribution is 2.37. The minimum Gasteiger partial charge on any atom is -0.733 e. The summed E-state index contributed by atoms with van der Waals surface area (Å²) in [6.07, 6.45) is 0. The van der Waals surface area contributed by atoms with Crippen molar-refractivity contribution >= 4 is 50.6 Å². The zero-order valence-corrected chi connectivity index (χ0v) is 20.0. The number of hydrogen-bond acceptors (Lipinski definition) is 8. The Labute approximate surface area is 206 Å². The molecule has 9 nitrogen and oxygen atoms in total. The van der Waals surface area contributed by atoms with Gasteiger partial charge in [-0.1, -0.05) is 35.9 Å². The first kappa shape index (κ1) is 24.6. The molecule has 0 saturated carbocycles. The maximum atomic E-state index is 13.0. The lowest BCUT2D eigenvalue weighted by atomic mass is 10.0. The molecular weight excluding hydrogens is 474 g/mol. The van der Waals surface area contributed by atoms with Gasteiger partial charge in [0.25, 0.3) is 0 Å². The molecule has 4 aromatic rings. The van der Waals surface area contributed by atoms with Crippen LogP contribution in [0, 0.1) is 12.1 Å². The molecule has 1 aromatic heterocycles. The number of nitrogens with zero attached hydrogens (tertiary/aromatic N) is 2. The van der Waals surface area contributed by atoms with Crippen molar-refractivity contribution in [3.8, 4) is 5.75 Å². The van der Waals surface area contributed by atoms with Gasteiger partial charge in [0.15, 0.2) is 0 Å². The molecule has 1 heterocycles. The van der Waals surface area contributed by atoms with Crippen molar-refractivity contribution in [1.29, 1.82) is 0 Å². The van der Waals surface area contributed by atoms with Crippen LogP contribution in [0.4, 0.5) is 11.4 Å². The molecule has 0 radical (unpaired) electrons. The molecule has 0 amide bonds. The first-order valence-electron chi connectivity index (χ1n) is 10.9. The van der Waals surface area contributed by atoms with Gasteiger partial charge in [-0.2, -0.15) is 0 Å². The third-order valence-electron chi connectivity index (χ3n) is 5.85. The van der Waals surface area contributed by atoms with Crippen molar-refractivity contribution in [2.24, 2.45) is 0 Å². The Bertz CT molecular complexity index is 1390. The van der Waals surface area contributed by atoms with Crippen molar-refractivity contribution in [3.63, 3.8) is 0 Å². The van der Waals surface area contributed by atoms with Crippen LogP contribution in [-0.2, 0) is 16.0 Å². The van der Waals surface area contributed by atoms with E-state index in [1.54, 1.807) is 12.1 Å². The van der Waals surface area contributed by atoms with E-state index < -0.39 is 5.97 Å². The number of phenols is 1. The topological polar surface area (TPSA) is 119 Å².